The highest BCUT2D eigenvalue weighted by molar-refractivity contribution is 5.90. The number of nitrogens with one attached hydrogen (secondary N) is 1. The first kappa shape index (κ1) is 18.0. The molecule has 0 aliphatic rings. The second kappa shape index (κ2) is 9.10. The Morgan fingerprint density at radius 1 is 1.04 bits per heavy atom. The number of halogens is 2. The number of carbonyl (C=O) groups is 1. The largest absolute Gasteiger partial charge is 0.395 e. The van der Waals surface area contributed by atoms with Gasteiger partial charge in [-0.05, 0) is 17.7 Å². The van der Waals surface area contributed by atoms with Crippen molar-refractivity contribution in [1.29, 1.82) is 0 Å². The molecule has 2 aromatic rings. The molecule has 0 aromatic heterocycles. The van der Waals surface area contributed by atoms with Crippen molar-refractivity contribution >= 4 is 11.6 Å². The number of hydrogen-bond acceptors (Lipinski definition) is 3. The van der Waals surface area contributed by atoms with E-state index in [1.165, 1.54) is 0 Å². The standard InChI is InChI=1S/C18H20F2N2O2/c19-15-10-16(20)12-17(11-15)21-18(24)6-7-22(8-9-23)13-14-4-2-1-3-5-14/h1-5,10-12,23H,6-9,13H2,(H,21,24). The summed E-state index contributed by atoms with van der Waals surface area (Å²) in [5, 5.41) is 11.6. The van der Waals surface area contributed by atoms with Gasteiger partial charge in [0.25, 0.3) is 0 Å². The Balaban J connectivity index is 1.87. The van der Waals surface area contributed by atoms with E-state index >= 15 is 0 Å². The van der Waals surface area contributed by atoms with Crippen molar-refractivity contribution < 1.29 is 18.7 Å². The number of anilines is 1. The van der Waals surface area contributed by atoms with Crippen LogP contribution in [0.15, 0.2) is 48.5 Å². The smallest absolute Gasteiger partial charge is 0.225 e. The van der Waals surface area contributed by atoms with Crippen LogP contribution in [0.4, 0.5) is 14.5 Å². The zero-order chi connectivity index (χ0) is 17.4. The molecule has 0 spiro atoms. The first-order valence-electron chi connectivity index (χ1n) is 7.70. The van der Waals surface area contributed by atoms with Gasteiger partial charge < -0.3 is 10.4 Å². The van der Waals surface area contributed by atoms with E-state index in [2.05, 4.69) is 5.32 Å². The number of amides is 1. The third kappa shape index (κ3) is 6.06. The van der Waals surface area contributed by atoms with E-state index in [0.717, 1.165) is 23.8 Å². The molecule has 0 heterocycles. The number of hydrogen-bond donors (Lipinski definition) is 2. The van der Waals surface area contributed by atoms with Crippen LogP contribution in [-0.4, -0.2) is 35.6 Å². The Bertz CT molecular complexity index is 645. The number of aliphatic hydroxyl groups is 1. The molecule has 0 bridgehead atoms. The van der Waals surface area contributed by atoms with Crippen molar-refractivity contribution in [3.63, 3.8) is 0 Å². The fourth-order valence-electron chi connectivity index (χ4n) is 2.36. The molecule has 0 fully saturated rings. The quantitative estimate of drug-likeness (QED) is 0.780. The van der Waals surface area contributed by atoms with Gasteiger partial charge in [-0.25, -0.2) is 8.78 Å². The molecule has 24 heavy (non-hydrogen) atoms. The van der Waals surface area contributed by atoms with E-state index in [1.54, 1.807) is 0 Å². The van der Waals surface area contributed by atoms with Crippen molar-refractivity contribution in [2.24, 2.45) is 0 Å². The second-order valence-electron chi connectivity index (χ2n) is 5.44. The predicted octanol–water partition coefficient (Wildman–Crippen LogP) is 2.79. The van der Waals surface area contributed by atoms with Gasteiger partial charge in [-0.3, -0.25) is 9.69 Å². The van der Waals surface area contributed by atoms with E-state index in [0.29, 0.717) is 19.6 Å². The van der Waals surface area contributed by atoms with E-state index in [4.69, 9.17) is 5.11 Å². The Kier molecular flexibility index (Phi) is 6.84. The van der Waals surface area contributed by atoms with Crippen LogP contribution >= 0.6 is 0 Å². The van der Waals surface area contributed by atoms with Crippen molar-refractivity contribution in [3.05, 3.63) is 65.7 Å². The van der Waals surface area contributed by atoms with Gasteiger partial charge in [-0.2, -0.15) is 0 Å². The highest BCUT2D eigenvalue weighted by Crippen LogP contribution is 2.13. The molecule has 2 rings (SSSR count). The number of nitrogens with zero attached hydrogens (tertiary/aromatic N) is 1. The van der Waals surface area contributed by atoms with Crippen LogP contribution in [0.25, 0.3) is 0 Å². The lowest BCUT2D eigenvalue weighted by molar-refractivity contribution is -0.116. The summed E-state index contributed by atoms with van der Waals surface area (Å²) in [7, 11) is 0. The van der Waals surface area contributed by atoms with Gasteiger partial charge in [0.1, 0.15) is 11.6 Å². The predicted molar refractivity (Wildman–Crippen MR) is 88.4 cm³/mol. The molecule has 0 radical (unpaired) electrons. The fraction of sp³-hybridized carbons (Fsp3) is 0.278. The molecule has 0 saturated heterocycles. The monoisotopic (exact) mass is 334 g/mol. The minimum Gasteiger partial charge on any atom is -0.395 e. The van der Waals surface area contributed by atoms with Crippen molar-refractivity contribution in [2.75, 3.05) is 25.0 Å². The van der Waals surface area contributed by atoms with Crippen molar-refractivity contribution in [2.45, 2.75) is 13.0 Å². The molecule has 6 heteroatoms. The molecule has 2 aromatic carbocycles. The van der Waals surface area contributed by atoms with E-state index < -0.39 is 11.6 Å². The molecule has 128 valence electrons. The number of rotatable bonds is 8. The minimum atomic E-state index is -0.740. The van der Waals surface area contributed by atoms with Crippen LogP contribution in [0.5, 0.6) is 0 Å². The van der Waals surface area contributed by atoms with Gasteiger partial charge in [-0.1, -0.05) is 30.3 Å². The maximum atomic E-state index is 13.1. The van der Waals surface area contributed by atoms with Crippen molar-refractivity contribution in [1.82, 2.24) is 4.90 Å². The highest BCUT2D eigenvalue weighted by Gasteiger charge is 2.10. The van der Waals surface area contributed by atoms with Crippen LogP contribution in [-0.2, 0) is 11.3 Å². The third-order valence-electron chi connectivity index (χ3n) is 3.47. The lowest BCUT2D eigenvalue weighted by Crippen LogP contribution is -2.30. The van der Waals surface area contributed by atoms with Crippen molar-refractivity contribution in [3.8, 4) is 0 Å². The summed E-state index contributed by atoms with van der Waals surface area (Å²) in [6, 6.07) is 12.6. The minimum absolute atomic E-state index is 0.0104. The highest BCUT2D eigenvalue weighted by atomic mass is 19.1. The maximum absolute atomic E-state index is 13.1. The molecule has 2 N–H and O–H groups in total. The van der Waals surface area contributed by atoms with Crippen LogP contribution in [0, 0.1) is 11.6 Å². The van der Waals surface area contributed by atoms with Crippen LogP contribution < -0.4 is 5.32 Å². The van der Waals surface area contributed by atoms with Crippen LogP contribution in [0.3, 0.4) is 0 Å². The molecular formula is C18H20F2N2O2. The average Bonchev–Trinajstić information content (AvgIpc) is 2.53. The van der Waals surface area contributed by atoms with E-state index in [1.807, 2.05) is 35.2 Å². The fourth-order valence-corrected chi connectivity index (χ4v) is 2.36. The first-order valence-corrected chi connectivity index (χ1v) is 7.70. The molecule has 0 saturated carbocycles. The van der Waals surface area contributed by atoms with E-state index in [9.17, 15) is 13.6 Å². The summed E-state index contributed by atoms with van der Waals surface area (Å²) in [4.78, 5) is 13.9. The Labute approximate surface area is 139 Å². The normalized spacial score (nSPS) is 10.8. The molecule has 0 aliphatic heterocycles. The summed E-state index contributed by atoms with van der Waals surface area (Å²) in [5.74, 6) is -1.82. The summed E-state index contributed by atoms with van der Waals surface area (Å²) < 4.78 is 26.2. The molecule has 1 amide bonds. The van der Waals surface area contributed by atoms with E-state index in [-0.39, 0.29) is 24.6 Å². The Morgan fingerprint density at radius 2 is 1.71 bits per heavy atom. The maximum Gasteiger partial charge on any atom is 0.225 e. The molecule has 0 aliphatic carbocycles. The zero-order valence-corrected chi connectivity index (χ0v) is 13.2. The third-order valence-corrected chi connectivity index (χ3v) is 3.47. The Morgan fingerprint density at radius 3 is 2.33 bits per heavy atom. The zero-order valence-electron chi connectivity index (χ0n) is 13.2. The topological polar surface area (TPSA) is 52.6 Å². The van der Waals surface area contributed by atoms with Gasteiger partial charge in [-0.15, -0.1) is 0 Å². The van der Waals surface area contributed by atoms with Gasteiger partial charge >= 0.3 is 0 Å². The molecule has 0 atom stereocenters. The second-order valence-corrected chi connectivity index (χ2v) is 5.44. The lowest BCUT2D eigenvalue weighted by Gasteiger charge is -2.21. The lowest BCUT2D eigenvalue weighted by atomic mass is 10.2. The van der Waals surface area contributed by atoms with Crippen LogP contribution in [0.1, 0.15) is 12.0 Å². The summed E-state index contributed by atoms with van der Waals surface area (Å²) in [6.07, 6.45) is 0.158. The number of aliphatic hydroxyl groups excluding tert-OH is 1. The molecular weight excluding hydrogens is 314 g/mol. The van der Waals surface area contributed by atoms with Gasteiger partial charge in [0, 0.05) is 37.8 Å². The van der Waals surface area contributed by atoms with Gasteiger partial charge in [0.15, 0.2) is 0 Å². The number of benzene rings is 2. The van der Waals surface area contributed by atoms with Gasteiger partial charge in [0.05, 0.1) is 6.61 Å². The number of carbonyl (C=O) groups excluding carboxylic acids is 1. The summed E-state index contributed by atoms with van der Waals surface area (Å²) >= 11 is 0. The molecule has 0 unspecified atom stereocenters. The Hall–Kier alpha value is -2.31. The average molecular weight is 334 g/mol. The van der Waals surface area contributed by atoms with Crippen LogP contribution in [0.2, 0.25) is 0 Å². The SMILES string of the molecule is O=C(CCN(CCO)Cc1ccccc1)Nc1cc(F)cc(F)c1. The summed E-state index contributed by atoms with van der Waals surface area (Å²) in [5.41, 5.74) is 1.17. The first-order chi connectivity index (χ1) is 11.6. The van der Waals surface area contributed by atoms with Gasteiger partial charge in [0.2, 0.25) is 5.91 Å². The summed E-state index contributed by atoms with van der Waals surface area (Å²) in [6.45, 7) is 1.47. The molecule has 4 nitrogen and oxygen atoms in total.